The van der Waals surface area contributed by atoms with Crippen molar-refractivity contribution in [3.05, 3.63) is 53.6 Å². The summed E-state index contributed by atoms with van der Waals surface area (Å²) in [5.41, 5.74) is 1.94. The Labute approximate surface area is 215 Å². The highest BCUT2D eigenvalue weighted by molar-refractivity contribution is 8.15. The number of rotatable bonds is 10. The summed E-state index contributed by atoms with van der Waals surface area (Å²) in [6.45, 7) is 4.73. The lowest BCUT2D eigenvalue weighted by Crippen LogP contribution is -2.47. The molecule has 1 heterocycles. The van der Waals surface area contributed by atoms with Crippen molar-refractivity contribution in [1.29, 1.82) is 0 Å². The number of methoxy groups -OCH3 is 2. The Morgan fingerprint density at radius 1 is 1.08 bits per heavy atom. The number of amides is 2. The number of ether oxygens (including phenoxy) is 3. The second-order valence-corrected chi connectivity index (χ2v) is 9.02. The molecule has 1 N–H and O–H groups in total. The third kappa shape index (κ3) is 6.78. The molecule has 0 radical (unpaired) electrons. The van der Waals surface area contributed by atoms with Crippen LogP contribution in [0.3, 0.4) is 0 Å². The first-order valence-electron chi connectivity index (χ1n) is 11.7. The molecule has 1 saturated heterocycles. The monoisotopic (exact) mass is 513 g/mol. The standard InChI is InChI=1S/C26H31N3O6S/c1-5-27-24(31)22-16-23(30)29(14-13-17-7-12-20(33-3)21(15-17)34-4)26(36-22)28-19-10-8-18(9-11-19)25(32)35-6-2/h7-12,15,22H,5-6,13-14,16H2,1-4H3,(H,27,31)/t22-/m0/s1. The van der Waals surface area contributed by atoms with Crippen LogP contribution < -0.4 is 14.8 Å². The molecule has 9 nitrogen and oxygen atoms in total. The van der Waals surface area contributed by atoms with Gasteiger partial charge >= 0.3 is 5.97 Å². The van der Waals surface area contributed by atoms with Gasteiger partial charge in [0.05, 0.1) is 37.3 Å². The van der Waals surface area contributed by atoms with Crippen LogP contribution in [0.2, 0.25) is 0 Å². The summed E-state index contributed by atoms with van der Waals surface area (Å²) in [7, 11) is 3.15. The van der Waals surface area contributed by atoms with E-state index in [1.807, 2.05) is 25.1 Å². The van der Waals surface area contributed by atoms with Gasteiger partial charge < -0.3 is 19.5 Å². The molecule has 0 unspecified atom stereocenters. The summed E-state index contributed by atoms with van der Waals surface area (Å²) >= 11 is 1.26. The Morgan fingerprint density at radius 2 is 1.81 bits per heavy atom. The molecule has 1 aliphatic heterocycles. The highest BCUT2D eigenvalue weighted by atomic mass is 32.2. The molecule has 1 atom stereocenters. The van der Waals surface area contributed by atoms with E-state index in [1.54, 1.807) is 50.3 Å². The van der Waals surface area contributed by atoms with E-state index in [2.05, 4.69) is 10.3 Å². The van der Waals surface area contributed by atoms with E-state index in [4.69, 9.17) is 14.2 Å². The number of esters is 1. The second kappa shape index (κ2) is 13.0. The molecule has 1 aliphatic rings. The molecule has 0 saturated carbocycles. The van der Waals surface area contributed by atoms with Gasteiger partial charge in [-0.1, -0.05) is 17.8 Å². The van der Waals surface area contributed by atoms with Crippen LogP contribution in [0.1, 0.15) is 36.2 Å². The number of aliphatic imine (C=N–C) groups is 1. The molecule has 192 valence electrons. The van der Waals surface area contributed by atoms with E-state index in [9.17, 15) is 14.4 Å². The average Bonchev–Trinajstić information content (AvgIpc) is 2.88. The summed E-state index contributed by atoms with van der Waals surface area (Å²) < 4.78 is 15.7. The molecule has 0 bridgehead atoms. The van der Waals surface area contributed by atoms with E-state index >= 15 is 0 Å². The summed E-state index contributed by atoms with van der Waals surface area (Å²) in [6.07, 6.45) is 0.641. The molecule has 1 fully saturated rings. The quantitative estimate of drug-likeness (QED) is 0.484. The smallest absolute Gasteiger partial charge is 0.338 e. The largest absolute Gasteiger partial charge is 0.493 e. The van der Waals surface area contributed by atoms with E-state index in [1.165, 1.54) is 11.8 Å². The molecule has 0 aromatic heterocycles. The van der Waals surface area contributed by atoms with Gasteiger partial charge in [0.1, 0.15) is 0 Å². The van der Waals surface area contributed by atoms with Crippen LogP contribution in [0.25, 0.3) is 0 Å². The number of carbonyl (C=O) groups excluding carboxylic acids is 3. The van der Waals surface area contributed by atoms with Crippen molar-refractivity contribution < 1.29 is 28.6 Å². The molecular formula is C26H31N3O6S. The van der Waals surface area contributed by atoms with Gasteiger partial charge in [-0.2, -0.15) is 0 Å². The van der Waals surface area contributed by atoms with Crippen molar-refractivity contribution in [2.75, 3.05) is 33.9 Å². The summed E-state index contributed by atoms with van der Waals surface area (Å²) in [5.74, 6) is 0.463. The van der Waals surface area contributed by atoms with Crippen LogP contribution in [0.5, 0.6) is 11.5 Å². The minimum atomic E-state index is -0.563. The number of carbonyl (C=O) groups is 3. The lowest BCUT2D eigenvalue weighted by atomic mass is 10.1. The Morgan fingerprint density at radius 3 is 2.44 bits per heavy atom. The molecular weight excluding hydrogens is 482 g/mol. The number of hydrogen-bond donors (Lipinski definition) is 1. The maximum Gasteiger partial charge on any atom is 0.338 e. The molecule has 10 heteroatoms. The molecule has 2 aromatic rings. The Hall–Kier alpha value is -3.53. The SMILES string of the molecule is CCNC(=O)[C@@H]1CC(=O)N(CCc2ccc(OC)c(OC)c2)C(=Nc2ccc(C(=O)OCC)cc2)S1. The Kier molecular flexibility index (Phi) is 9.75. The molecule has 0 aliphatic carbocycles. The third-order valence-electron chi connectivity index (χ3n) is 5.46. The third-order valence-corrected chi connectivity index (χ3v) is 6.65. The van der Waals surface area contributed by atoms with Crippen molar-refractivity contribution in [3.63, 3.8) is 0 Å². The van der Waals surface area contributed by atoms with Gasteiger partial charge in [0, 0.05) is 19.5 Å². The Balaban J connectivity index is 1.85. The van der Waals surface area contributed by atoms with Gasteiger partial charge in [-0.3, -0.25) is 14.5 Å². The fourth-order valence-corrected chi connectivity index (χ4v) is 4.77. The highest BCUT2D eigenvalue weighted by Crippen LogP contribution is 2.31. The average molecular weight is 514 g/mol. The number of amidine groups is 1. The van der Waals surface area contributed by atoms with Gasteiger partial charge in [0.2, 0.25) is 11.8 Å². The number of benzene rings is 2. The van der Waals surface area contributed by atoms with Crippen molar-refractivity contribution in [2.45, 2.75) is 31.9 Å². The normalized spacial score (nSPS) is 16.6. The first-order chi connectivity index (χ1) is 17.4. The fraction of sp³-hybridized carbons (Fsp3) is 0.385. The summed E-state index contributed by atoms with van der Waals surface area (Å²) in [4.78, 5) is 43.9. The zero-order chi connectivity index (χ0) is 26.1. The van der Waals surface area contributed by atoms with Gasteiger partial charge in [-0.05, 0) is 62.2 Å². The van der Waals surface area contributed by atoms with Crippen molar-refractivity contribution >= 4 is 40.4 Å². The van der Waals surface area contributed by atoms with Gasteiger partial charge in [-0.25, -0.2) is 9.79 Å². The van der Waals surface area contributed by atoms with E-state index in [0.29, 0.717) is 47.4 Å². The summed E-state index contributed by atoms with van der Waals surface area (Å²) in [5, 5.41) is 2.66. The first-order valence-corrected chi connectivity index (χ1v) is 12.6. The van der Waals surface area contributed by atoms with Gasteiger partial charge in [0.25, 0.3) is 0 Å². The van der Waals surface area contributed by atoms with Crippen molar-refractivity contribution in [3.8, 4) is 11.5 Å². The van der Waals surface area contributed by atoms with E-state index < -0.39 is 11.2 Å². The first kappa shape index (κ1) is 27.1. The lowest BCUT2D eigenvalue weighted by molar-refractivity contribution is -0.130. The molecule has 36 heavy (non-hydrogen) atoms. The predicted octanol–water partition coefficient (Wildman–Crippen LogP) is 3.58. The highest BCUT2D eigenvalue weighted by Gasteiger charge is 2.35. The minimum Gasteiger partial charge on any atom is -0.493 e. The van der Waals surface area contributed by atoms with Crippen LogP contribution in [-0.2, 0) is 20.7 Å². The minimum absolute atomic E-state index is 0.0866. The topological polar surface area (TPSA) is 107 Å². The van der Waals surface area contributed by atoms with Crippen LogP contribution >= 0.6 is 11.8 Å². The molecule has 2 amide bonds. The van der Waals surface area contributed by atoms with E-state index in [0.717, 1.165) is 5.56 Å². The van der Waals surface area contributed by atoms with Crippen LogP contribution in [0.4, 0.5) is 5.69 Å². The van der Waals surface area contributed by atoms with Crippen molar-refractivity contribution in [2.24, 2.45) is 4.99 Å². The number of nitrogens with zero attached hydrogens (tertiary/aromatic N) is 2. The zero-order valence-electron chi connectivity index (χ0n) is 20.9. The lowest BCUT2D eigenvalue weighted by Gasteiger charge is -2.31. The van der Waals surface area contributed by atoms with Crippen molar-refractivity contribution in [1.82, 2.24) is 10.2 Å². The summed E-state index contributed by atoms with van der Waals surface area (Å²) in [6, 6.07) is 12.3. The van der Waals surface area contributed by atoms with Gasteiger partial charge in [-0.15, -0.1) is 0 Å². The zero-order valence-corrected chi connectivity index (χ0v) is 21.7. The maximum atomic E-state index is 13.1. The number of thioether (sulfide) groups is 1. The predicted molar refractivity (Wildman–Crippen MR) is 139 cm³/mol. The van der Waals surface area contributed by atoms with Crippen LogP contribution in [0, 0.1) is 0 Å². The molecule has 0 spiro atoms. The second-order valence-electron chi connectivity index (χ2n) is 7.85. The number of hydrogen-bond acceptors (Lipinski definition) is 8. The molecule has 2 aromatic carbocycles. The van der Waals surface area contributed by atoms with E-state index in [-0.39, 0.29) is 24.8 Å². The molecule has 3 rings (SSSR count). The fourth-order valence-electron chi connectivity index (χ4n) is 3.62. The van der Waals surface area contributed by atoms with Crippen LogP contribution in [0.15, 0.2) is 47.5 Å². The van der Waals surface area contributed by atoms with Crippen LogP contribution in [-0.4, -0.2) is 67.0 Å². The Bertz CT molecular complexity index is 1120. The number of nitrogens with one attached hydrogen (secondary N) is 1. The van der Waals surface area contributed by atoms with Gasteiger partial charge in [0.15, 0.2) is 16.7 Å². The maximum absolute atomic E-state index is 13.1.